The molecule has 0 unspecified atom stereocenters. The van der Waals surface area contributed by atoms with Crippen molar-refractivity contribution in [2.75, 3.05) is 5.32 Å². The minimum absolute atomic E-state index is 0.216. The number of anilines is 1. The molecule has 0 atom stereocenters. The van der Waals surface area contributed by atoms with Crippen molar-refractivity contribution in [1.29, 1.82) is 0 Å². The van der Waals surface area contributed by atoms with Crippen LogP contribution in [0.2, 0.25) is 0 Å². The number of carbonyl (C=O) groups excluding carboxylic acids is 1. The van der Waals surface area contributed by atoms with Crippen molar-refractivity contribution < 1.29 is 9.18 Å². The number of pyridine rings is 1. The molecular weight excluding hydrogens is 533 g/mol. The third-order valence-corrected chi connectivity index (χ3v) is 7.80. The van der Waals surface area contributed by atoms with Crippen molar-refractivity contribution >= 4 is 33.2 Å². The first-order valence-electron chi connectivity index (χ1n) is 13.0. The van der Waals surface area contributed by atoms with Gasteiger partial charge in [0.1, 0.15) is 17.4 Å². The standard InChI is InChI=1S/C29H31BrFN5O/c30-26-19-34-36-28(33-18-22-6-3-13-32-17-22)16-27(35-29(26)36)23-11-9-21(10-12-23)15-25(37)8-2-5-20-4-1-7-24(31)14-20/h1,3-4,6-7,13-14,16-17,19,21,23,33H,2,5,8-12,15,18H2. The third kappa shape index (κ3) is 6.60. The molecule has 37 heavy (non-hydrogen) atoms. The van der Waals surface area contributed by atoms with Gasteiger partial charge in [0.25, 0.3) is 0 Å². The summed E-state index contributed by atoms with van der Waals surface area (Å²) in [6.45, 7) is 0.651. The fraction of sp³-hybridized carbons (Fsp3) is 0.379. The topological polar surface area (TPSA) is 72.2 Å². The lowest BCUT2D eigenvalue weighted by Crippen LogP contribution is -2.18. The van der Waals surface area contributed by atoms with Crippen molar-refractivity contribution in [1.82, 2.24) is 19.6 Å². The van der Waals surface area contributed by atoms with Crippen LogP contribution in [0.5, 0.6) is 0 Å². The molecule has 1 aliphatic carbocycles. The van der Waals surface area contributed by atoms with Crippen LogP contribution in [0.4, 0.5) is 10.2 Å². The molecule has 1 aliphatic rings. The number of ketones is 1. The number of rotatable bonds is 10. The predicted molar refractivity (Wildman–Crippen MR) is 146 cm³/mol. The second-order valence-corrected chi connectivity index (χ2v) is 10.8. The van der Waals surface area contributed by atoms with Crippen molar-refractivity contribution in [3.63, 3.8) is 0 Å². The van der Waals surface area contributed by atoms with E-state index in [-0.39, 0.29) is 5.82 Å². The zero-order valence-corrected chi connectivity index (χ0v) is 22.3. The smallest absolute Gasteiger partial charge is 0.171 e. The molecule has 192 valence electrons. The summed E-state index contributed by atoms with van der Waals surface area (Å²) in [5.74, 6) is 1.82. The van der Waals surface area contributed by atoms with Crippen LogP contribution in [0.3, 0.4) is 0 Å². The number of nitrogens with zero attached hydrogens (tertiary/aromatic N) is 4. The molecule has 8 heteroatoms. The number of hydrogen-bond donors (Lipinski definition) is 1. The van der Waals surface area contributed by atoms with Crippen LogP contribution < -0.4 is 5.32 Å². The van der Waals surface area contributed by atoms with Crippen LogP contribution in [0, 0.1) is 11.7 Å². The fourth-order valence-corrected chi connectivity index (χ4v) is 5.60. The van der Waals surface area contributed by atoms with Gasteiger partial charge in [0, 0.05) is 49.5 Å². The largest absolute Gasteiger partial charge is 0.366 e. The third-order valence-electron chi connectivity index (χ3n) is 7.24. The lowest BCUT2D eigenvalue weighted by molar-refractivity contribution is -0.120. The van der Waals surface area contributed by atoms with E-state index in [2.05, 4.69) is 37.4 Å². The number of nitrogens with one attached hydrogen (secondary N) is 1. The lowest BCUT2D eigenvalue weighted by atomic mass is 9.78. The average Bonchev–Trinajstić information content (AvgIpc) is 3.29. The molecule has 1 aromatic carbocycles. The number of fused-ring (bicyclic) bond motifs is 1. The molecule has 0 spiro atoms. The summed E-state index contributed by atoms with van der Waals surface area (Å²) in [6, 6.07) is 12.7. The van der Waals surface area contributed by atoms with Crippen molar-refractivity contribution in [3.8, 4) is 0 Å². The Morgan fingerprint density at radius 1 is 1.08 bits per heavy atom. The Hall–Kier alpha value is -3.13. The molecule has 6 nitrogen and oxygen atoms in total. The van der Waals surface area contributed by atoms with Gasteiger partial charge in [-0.3, -0.25) is 9.78 Å². The van der Waals surface area contributed by atoms with Gasteiger partial charge < -0.3 is 5.32 Å². The maximum absolute atomic E-state index is 13.3. The van der Waals surface area contributed by atoms with Gasteiger partial charge in [0.15, 0.2) is 5.65 Å². The molecule has 1 N–H and O–H groups in total. The van der Waals surface area contributed by atoms with Crippen LogP contribution in [-0.2, 0) is 17.8 Å². The van der Waals surface area contributed by atoms with E-state index < -0.39 is 0 Å². The summed E-state index contributed by atoms with van der Waals surface area (Å²) in [7, 11) is 0. The Bertz CT molecular complexity index is 1350. The summed E-state index contributed by atoms with van der Waals surface area (Å²) in [4.78, 5) is 21.7. The SMILES string of the molecule is O=C(CCCc1cccc(F)c1)CC1CCC(c2cc(NCc3cccnc3)n3ncc(Br)c3n2)CC1. The van der Waals surface area contributed by atoms with Crippen LogP contribution in [0.1, 0.15) is 67.7 Å². The highest BCUT2D eigenvalue weighted by Crippen LogP contribution is 2.38. The average molecular weight is 565 g/mol. The Balaban J connectivity index is 1.16. The maximum atomic E-state index is 13.3. The first kappa shape index (κ1) is 25.5. The summed E-state index contributed by atoms with van der Waals surface area (Å²) < 4.78 is 16.0. The van der Waals surface area contributed by atoms with E-state index in [4.69, 9.17) is 4.98 Å². The minimum Gasteiger partial charge on any atom is -0.366 e. The Morgan fingerprint density at radius 3 is 2.70 bits per heavy atom. The number of Topliss-reactive ketones (excluding diaryl/α,β-unsaturated/α-hetero) is 1. The van der Waals surface area contributed by atoms with Gasteiger partial charge in [-0.1, -0.05) is 18.2 Å². The molecule has 4 aromatic rings. The van der Waals surface area contributed by atoms with Crippen LogP contribution in [0.25, 0.3) is 5.65 Å². The lowest BCUT2D eigenvalue weighted by Gasteiger charge is -2.28. The minimum atomic E-state index is -0.216. The molecule has 3 aromatic heterocycles. The van der Waals surface area contributed by atoms with Crippen molar-refractivity contribution in [3.05, 3.63) is 88.2 Å². The quantitative estimate of drug-likeness (QED) is 0.227. The van der Waals surface area contributed by atoms with E-state index in [0.29, 0.717) is 37.0 Å². The predicted octanol–water partition coefficient (Wildman–Crippen LogP) is 6.89. The number of halogens is 2. The number of hydrogen-bond acceptors (Lipinski definition) is 5. The van der Waals surface area contributed by atoms with E-state index in [1.54, 1.807) is 24.5 Å². The molecule has 0 radical (unpaired) electrons. The van der Waals surface area contributed by atoms with E-state index in [1.807, 2.05) is 28.9 Å². The van der Waals surface area contributed by atoms with Gasteiger partial charge in [-0.25, -0.2) is 9.37 Å². The van der Waals surface area contributed by atoms with Crippen LogP contribution in [0.15, 0.2) is 65.5 Å². The molecule has 0 bridgehead atoms. The fourth-order valence-electron chi connectivity index (χ4n) is 5.25. The highest BCUT2D eigenvalue weighted by molar-refractivity contribution is 9.10. The van der Waals surface area contributed by atoms with Gasteiger partial charge in [-0.15, -0.1) is 0 Å². The summed E-state index contributed by atoms with van der Waals surface area (Å²) >= 11 is 3.59. The number of benzene rings is 1. The maximum Gasteiger partial charge on any atom is 0.171 e. The van der Waals surface area contributed by atoms with E-state index in [1.165, 1.54) is 6.07 Å². The summed E-state index contributed by atoms with van der Waals surface area (Å²) in [6.07, 6.45) is 12.3. The molecule has 3 heterocycles. The highest BCUT2D eigenvalue weighted by Gasteiger charge is 2.26. The number of carbonyl (C=O) groups is 1. The normalized spacial score (nSPS) is 17.7. The van der Waals surface area contributed by atoms with Crippen molar-refractivity contribution in [2.24, 2.45) is 5.92 Å². The van der Waals surface area contributed by atoms with E-state index >= 15 is 0 Å². The van der Waals surface area contributed by atoms with Gasteiger partial charge in [0.05, 0.1) is 10.7 Å². The van der Waals surface area contributed by atoms with Crippen molar-refractivity contribution in [2.45, 2.75) is 63.8 Å². The molecular formula is C29H31BrFN5O. The Kier molecular flexibility index (Phi) is 8.24. The first-order chi connectivity index (χ1) is 18.0. The number of aryl methyl sites for hydroxylation is 1. The van der Waals surface area contributed by atoms with E-state index in [0.717, 1.165) is 71.3 Å². The molecule has 0 amide bonds. The molecule has 5 rings (SSSR count). The van der Waals surface area contributed by atoms with Crippen LogP contribution in [-0.4, -0.2) is 25.4 Å². The first-order valence-corrected chi connectivity index (χ1v) is 13.8. The number of aromatic nitrogens is 4. The van der Waals surface area contributed by atoms with Gasteiger partial charge in [-0.2, -0.15) is 9.61 Å². The monoisotopic (exact) mass is 563 g/mol. The molecule has 0 aliphatic heterocycles. The van der Waals surface area contributed by atoms with Gasteiger partial charge in [-0.05, 0) is 89.7 Å². The van der Waals surface area contributed by atoms with E-state index in [9.17, 15) is 9.18 Å². The molecule has 0 saturated heterocycles. The zero-order valence-electron chi connectivity index (χ0n) is 20.7. The van der Waals surface area contributed by atoms with Gasteiger partial charge >= 0.3 is 0 Å². The Labute approximate surface area is 224 Å². The molecule has 1 saturated carbocycles. The van der Waals surface area contributed by atoms with Crippen LogP contribution >= 0.6 is 15.9 Å². The summed E-state index contributed by atoms with van der Waals surface area (Å²) in [5.41, 5.74) is 3.93. The second kappa shape index (κ2) is 11.9. The summed E-state index contributed by atoms with van der Waals surface area (Å²) in [5, 5.41) is 7.98. The second-order valence-electron chi connectivity index (χ2n) is 9.95. The van der Waals surface area contributed by atoms with Gasteiger partial charge in [0.2, 0.25) is 0 Å². The highest BCUT2D eigenvalue weighted by atomic mass is 79.9. The molecule has 1 fully saturated rings. The zero-order chi connectivity index (χ0) is 25.6. The Morgan fingerprint density at radius 2 is 1.92 bits per heavy atom.